The molecule has 0 saturated carbocycles. The quantitative estimate of drug-likeness (QED) is 0.424. The summed E-state index contributed by atoms with van der Waals surface area (Å²) in [5.41, 5.74) is -1.75. The Labute approximate surface area is 82.4 Å². The van der Waals surface area contributed by atoms with Gasteiger partial charge in [-0.2, -0.15) is 0 Å². The third kappa shape index (κ3) is 1.09. The Bertz CT molecular complexity index is 604. The maximum Gasteiger partial charge on any atom is 0.366 e. The van der Waals surface area contributed by atoms with Crippen molar-refractivity contribution < 1.29 is 18.3 Å². The fourth-order valence-electron chi connectivity index (χ4n) is 1.29. The Hall–Kier alpha value is -2.03. The number of hydrogen-bond donors (Lipinski definition) is 0. The van der Waals surface area contributed by atoms with Crippen LogP contribution in [0.2, 0.25) is 0 Å². The van der Waals surface area contributed by atoms with Gasteiger partial charge in [0.15, 0.2) is 4.90 Å². The van der Waals surface area contributed by atoms with E-state index in [1.54, 1.807) is 0 Å². The third-order valence-electron chi connectivity index (χ3n) is 1.97. The largest absolute Gasteiger partial charge is 0.366 e. The average Bonchev–Trinajstić information content (AvgIpc) is 2.68. The van der Waals surface area contributed by atoms with Crippen molar-refractivity contribution in [1.29, 1.82) is 0 Å². The molecule has 0 bridgehead atoms. The SMILES string of the molecule is O=[N+]([O-])c1ccc2c(c1[N+](=O)[O-])S2(=O)=O. The van der Waals surface area contributed by atoms with Crippen LogP contribution in [0.5, 0.6) is 0 Å². The number of hydrogen-bond acceptors (Lipinski definition) is 6. The standard InChI is InChI=1S/C6H2N2O6S/c9-7(10)3-1-2-4-6(15(4,13)14)5(3)8(11)12/h1-2H. The molecule has 0 atom stereocenters. The Morgan fingerprint density at radius 1 is 1.07 bits per heavy atom. The lowest BCUT2D eigenvalue weighted by Gasteiger charge is -1.90. The molecule has 0 spiro atoms. The maximum atomic E-state index is 11.1. The lowest BCUT2D eigenvalue weighted by atomic mass is 10.3. The first-order valence-corrected chi connectivity index (χ1v) is 5.06. The molecular formula is C6H2N2O6S. The predicted molar refractivity (Wildman–Crippen MR) is 45.2 cm³/mol. The normalized spacial score (nSPS) is 15.5. The van der Waals surface area contributed by atoms with E-state index in [2.05, 4.69) is 0 Å². The molecule has 15 heavy (non-hydrogen) atoms. The molecule has 2 rings (SSSR count). The summed E-state index contributed by atoms with van der Waals surface area (Å²) in [6, 6.07) is 1.82. The first-order chi connectivity index (χ1) is 6.87. The van der Waals surface area contributed by atoms with E-state index in [0.29, 0.717) is 0 Å². The van der Waals surface area contributed by atoms with Crippen molar-refractivity contribution >= 4 is 21.2 Å². The molecule has 1 heterocycles. The Kier molecular flexibility index (Phi) is 1.59. The van der Waals surface area contributed by atoms with E-state index in [0.717, 1.165) is 12.1 Å². The van der Waals surface area contributed by atoms with E-state index >= 15 is 0 Å². The van der Waals surface area contributed by atoms with E-state index in [-0.39, 0.29) is 4.90 Å². The van der Waals surface area contributed by atoms with Gasteiger partial charge < -0.3 is 0 Å². The summed E-state index contributed by atoms with van der Waals surface area (Å²) in [4.78, 5) is 18.1. The summed E-state index contributed by atoms with van der Waals surface area (Å²) in [5, 5.41) is 20.9. The van der Waals surface area contributed by atoms with Gasteiger partial charge in [0.05, 0.1) is 14.7 Å². The molecule has 0 radical (unpaired) electrons. The van der Waals surface area contributed by atoms with E-state index in [1.807, 2.05) is 0 Å². The molecular weight excluding hydrogens is 228 g/mol. The first-order valence-electron chi connectivity index (χ1n) is 3.58. The van der Waals surface area contributed by atoms with Crippen molar-refractivity contribution in [3.63, 3.8) is 0 Å². The molecule has 9 heteroatoms. The molecule has 78 valence electrons. The monoisotopic (exact) mass is 230 g/mol. The molecule has 1 aliphatic heterocycles. The van der Waals surface area contributed by atoms with Gasteiger partial charge in [0.1, 0.15) is 0 Å². The molecule has 0 aromatic heterocycles. The fraction of sp³-hybridized carbons (Fsp3) is 0. The molecule has 0 saturated heterocycles. The first kappa shape index (κ1) is 9.52. The van der Waals surface area contributed by atoms with Crippen molar-refractivity contribution in [2.75, 3.05) is 0 Å². The number of nitrogens with zero attached hydrogens (tertiary/aromatic N) is 2. The number of benzene rings is 1. The van der Waals surface area contributed by atoms with Gasteiger partial charge in [-0.3, -0.25) is 20.2 Å². The molecule has 0 amide bonds. The second-order valence-corrected chi connectivity index (χ2v) is 4.63. The van der Waals surface area contributed by atoms with Gasteiger partial charge in [-0.15, -0.1) is 0 Å². The minimum atomic E-state index is -3.75. The van der Waals surface area contributed by atoms with Crippen LogP contribution < -0.4 is 0 Å². The van der Waals surface area contributed by atoms with Crippen molar-refractivity contribution in [3.8, 4) is 0 Å². The van der Waals surface area contributed by atoms with Crippen LogP contribution in [0.4, 0.5) is 11.4 Å². The summed E-state index contributed by atoms with van der Waals surface area (Å²) in [5.74, 6) is 0. The van der Waals surface area contributed by atoms with Gasteiger partial charge in [-0.05, 0) is 6.07 Å². The van der Waals surface area contributed by atoms with Gasteiger partial charge in [0.2, 0.25) is 9.84 Å². The minimum absolute atomic E-state index is 0.209. The summed E-state index contributed by atoms with van der Waals surface area (Å²) in [6.07, 6.45) is 0. The summed E-state index contributed by atoms with van der Waals surface area (Å²) >= 11 is 0. The Morgan fingerprint density at radius 2 is 1.67 bits per heavy atom. The van der Waals surface area contributed by atoms with Crippen LogP contribution in [0.15, 0.2) is 21.9 Å². The van der Waals surface area contributed by atoms with Crippen molar-refractivity contribution in [3.05, 3.63) is 32.4 Å². The zero-order valence-electron chi connectivity index (χ0n) is 6.91. The topological polar surface area (TPSA) is 120 Å². The third-order valence-corrected chi connectivity index (χ3v) is 3.64. The highest BCUT2D eigenvalue weighted by atomic mass is 32.2. The molecule has 1 aromatic rings. The smallest absolute Gasteiger partial charge is 0.258 e. The Balaban J connectivity index is 2.81. The van der Waals surface area contributed by atoms with Gasteiger partial charge in [-0.25, -0.2) is 8.42 Å². The van der Waals surface area contributed by atoms with Crippen LogP contribution >= 0.6 is 0 Å². The highest BCUT2D eigenvalue weighted by Gasteiger charge is 2.51. The van der Waals surface area contributed by atoms with Crippen molar-refractivity contribution in [2.45, 2.75) is 9.79 Å². The number of rotatable bonds is 2. The van der Waals surface area contributed by atoms with Crippen LogP contribution in [0, 0.1) is 20.2 Å². The Morgan fingerprint density at radius 3 is 2.13 bits per heavy atom. The molecule has 1 aliphatic rings. The lowest BCUT2D eigenvalue weighted by Crippen LogP contribution is -1.95. The van der Waals surface area contributed by atoms with Crippen LogP contribution in [0.25, 0.3) is 0 Å². The van der Waals surface area contributed by atoms with Crippen LogP contribution in [-0.4, -0.2) is 18.3 Å². The molecule has 8 nitrogen and oxygen atoms in total. The minimum Gasteiger partial charge on any atom is -0.258 e. The lowest BCUT2D eigenvalue weighted by molar-refractivity contribution is -0.424. The van der Waals surface area contributed by atoms with Crippen molar-refractivity contribution in [1.82, 2.24) is 0 Å². The van der Waals surface area contributed by atoms with Gasteiger partial charge >= 0.3 is 11.4 Å². The van der Waals surface area contributed by atoms with Gasteiger partial charge in [-0.1, -0.05) is 0 Å². The second-order valence-electron chi connectivity index (χ2n) is 2.78. The fourth-order valence-corrected chi connectivity index (χ4v) is 2.76. The average molecular weight is 230 g/mol. The van der Waals surface area contributed by atoms with Gasteiger partial charge in [0, 0.05) is 6.07 Å². The zero-order valence-corrected chi connectivity index (χ0v) is 7.72. The van der Waals surface area contributed by atoms with E-state index in [9.17, 15) is 28.6 Å². The summed E-state index contributed by atoms with van der Waals surface area (Å²) < 4.78 is 22.2. The predicted octanol–water partition coefficient (Wildman–Crippen LogP) is 0.649. The van der Waals surface area contributed by atoms with Crippen LogP contribution in [0.3, 0.4) is 0 Å². The molecule has 0 fully saturated rings. The van der Waals surface area contributed by atoms with E-state index < -0.39 is 36.0 Å². The zero-order chi connectivity index (χ0) is 11.4. The number of fused-ring (bicyclic) bond motifs is 1. The second kappa shape index (κ2) is 2.51. The van der Waals surface area contributed by atoms with Crippen LogP contribution in [0.1, 0.15) is 0 Å². The van der Waals surface area contributed by atoms with Crippen LogP contribution in [-0.2, 0) is 9.84 Å². The van der Waals surface area contributed by atoms with Gasteiger partial charge in [0.25, 0.3) is 0 Å². The van der Waals surface area contributed by atoms with E-state index in [1.165, 1.54) is 0 Å². The highest BCUT2D eigenvalue weighted by Crippen LogP contribution is 2.50. The molecule has 0 unspecified atom stereocenters. The molecule has 1 aromatic carbocycles. The number of nitro groups is 2. The van der Waals surface area contributed by atoms with Crippen molar-refractivity contribution in [2.24, 2.45) is 0 Å². The maximum absolute atomic E-state index is 11.1. The molecule has 0 aliphatic carbocycles. The molecule has 0 N–H and O–H groups in total. The highest BCUT2D eigenvalue weighted by molar-refractivity contribution is 7.97. The number of sulfone groups is 1. The summed E-state index contributed by atoms with van der Waals surface area (Å²) in [6.45, 7) is 0. The number of nitro benzene ring substituents is 2. The summed E-state index contributed by atoms with van der Waals surface area (Å²) in [7, 11) is -3.75. The van der Waals surface area contributed by atoms with E-state index in [4.69, 9.17) is 0 Å².